The number of halogens is 1. The quantitative estimate of drug-likeness (QED) is 0.316. The zero-order valence-corrected chi connectivity index (χ0v) is 19.6. The van der Waals surface area contributed by atoms with Gasteiger partial charge in [-0.05, 0) is 49.6 Å². The molecular weight excluding hydrogens is 481 g/mol. The normalized spacial score (nSPS) is 12.6. The van der Waals surface area contributed by atoms with E-state index in [2.05, 4.69) is 46.8 Å². The van der Waals surface area contributed by atoms with Crippen LogP contribution in [-0.2, 0) is 24.4 Å². The molecule has 0 radical (unpaired) electrons. The largest absolute Gasteiger partial charge is 0.454 e. The average molecular weight is 511 g/mol. The molecule has 0 atom stereocenters. The summed E-state index contributed by atoms with van der Waals surface area (Å²) in [5.41, 5.74) is 3.46. The molecule has 0 spiro atoms. The average Bonchev–Trinajstić information content (AvgIpc) is 3.17. The highest BCUT2D eigenvalue weighted by molar-refractivity contribution is 14.0. The molecule has 0 aliphatic carbocycles. The van der Waals surface area contributed by atoms with Crippen LogP contribution in [0.3, 0.4) is 0 Å². The standard InChI is InChI=1S/C22H29N3O3.HI/c1-4-23-22(25-13-19-9-10-20-21(11-19)28-15-27-20)24-12-17-5-7-18(8-6-17)14-26-16(2)3;/h5-11,16H,4,12-15H2,1-3H3,(H2,23,24,25);1H. The number of fused-ring (bicyclic) bond motifs is 1. The molecule has 3 rings (SSSR count). The minimum absolute atomic E-state index is 0. The van der Waals surface area contributed by atoms with Gasteiger partial charge in [0.05, 0.1) is 19.3 Å². The summed E-state index contributed by atoms with van der Waals surface area (Å²) in [6.07, 6.45) is 0.241. The van der Waals surface area contributed by atoms with Crippen molar-refractivity contribution < 1.29 is 14.2 Å². The van der Waals surface area contributed by atoms with Crippen molar-refractivity contribution in [1.82, 2.24) is 10.6 Å². The van der Waals surface area contributed by atoms with Crippen molar-refractivity contribution in [1.29, 1.82) is 0 Å². The third-order valence-corrected chi connectivity index (χ3v) is 4.27. The Labute approximate surface area is 190 Å². The maximum Gasteiger partial charge on any atom is 0.231 e. The molecule has 158 valence electrons. The number of guanidine groups is 1. The summed E-state index contributed by atoms with van der Waals surface area (Å²) in [5.74, 6) is 2.36. The van der Waals surface area contributed by atoms with E-state index in [0.29, 0.717) is 19.7 Å². The summed E-state index contributed by atoms with van der Waals surface area (Å²) in [6, 6.07) is 14.4. The highest BCUT2D eigenvalue weighted by Crippen LogP contribution is 2.32. The first-order valence-corrected chi connectivity index (χ1v) is 9.74. The predicted octanol–water partition coefficient (Wildman–Crippen LogP) is 4.21. The van der Waals surface area contributed by atoms with Crippen LogP contribution in [0.1, 0.15) is 37.5 Å². The molecule has 0 aromatic heterocycles. The van der Waals surface area contributed by atoms with Gasteiger partial charge in [-0.2, -0.15) is 0 Å². The van der Waals surface area contributed by atoms with Crippen LogP contribution < -0.4 is 20.1 Å². The summed E-state index contributed by atoms with van der Waals surface area (Å²) in [7, 11) is 0. The number of rotatable bonds is 8. The fourth-order valence-corrected chi connectivity index (χ4v) is 2.75. The zero-order chi connectivity index (χ0) is 19.8. The van der Waals surface area contributed by atoms with Crippen molar-refractivity contribution in [3.8, 4) is 11.5 Å². The molecule has 29 heavy (non-hydrogen) atoms. The fourth-order valence-electron chi connectivity index (χ4n) is 2.75. The van der Waals surface area contributed by atoms with Gasteiger partial charge in [-0.25, -0.2) is 4.99 Å². The number of hydrogen-bond donors (Lipinski definition) is 2. The van der Waals surface area contributed by atoms with Crippen LogP contribution in [0.2, 0.25) is 0 Å². The lowest BCUT2D eigenvalue weighted by Crippen LogP contribution is -2.36. The lowest BCUT2D eigenvalue weighted by atomic mass is 10.1. The van der Waals surface area contributed by atoms with E-state index in [1.165, 1.54) is 11.1 Å². The van der Waals surface area contributed by atoms with Gasteiger partial charge in [-0.3, -0.25) is 0 Å². The highest BCUT2D eigenvalue weighted by atomic mass is 127. The number of ether oxygens (including phenoxy) is 3. The Morgan fingerprint density at radius 2 is 1.69 bits per heavy atom. The molecule has 2 aromatic rings. The molecule has 0 saturated carbocycles. The van der Waals surface area contributed by atoms with Crippen molar-refractivity contribution in [3.05, 3.63) is 59.2 Å². The van der Waals surface area contributed by atoms with E-state index < -0.39 is 0 Å². The maximum absolute atomic E-state index is 5.64. The summed E-state index contributed by atoms with van der Waals surface area (Å²) >= 11 is 0. The summed E-state index contributed by atoms with van der Waals surface area (Å²) in [4.78, 5) is 4.67. The number of aliphatic imine (C=N–C) groups is 1. The Kier molecular flexibility index (Phi) is 9.53. The van der Waals surface area contributed by atoms with E-state index in [1.807, 2.05) is 32.0 Å². The molecule has 1 aliphatic heterocycles. The molecule has 1 aliphatic rings. The van der Waals surface area contributed by atoms with Gasteiger partial charge in [0.25, 0.3) is 0 Å². The first-order valence-electron chi connectivity index (χ1n) is 9.74. The molecule has 0 unspecified atom stereocenters. The second kappa shape index (κ2) is 11.9. The van der Waals surface area contributed by atoms with Crippen molar-refractivity contribution in [2.75, 3.05) is 13.3 Å². The minimum atomic E-state index is 0. The third kappa shape index (κ3) is 7.40. The van der Waals surface area contributed by atoms with Gasteiger partial charge in [0.2, 0.25) is 6.79 Å². The first kappa shape index (κ1) is 23.3. The molecule has 2 N–H and O–H groups in total. The molecule has 0 fully saturated rings. The predicted molar refractivity (Wildman–Crippen MR) is 126 cm³/mol. The maximum atomic E-state index is 5.64. The Bertz CT molecular complexity index is 794. The summed E-state index contributed by atoms with van der Waals surface area (Å²) in [5, 5.41) is 6.66. The van der Waals surface area contributed by atoms with Crippen LogP contribution in [0.4, 0.5) is 0 Å². The van der Waals surface area contributed by atoms with E-state index in [1.54, 1.807) is 0 Å². The second-order valence-corrected chi connectivity index (χ2v) is 6.91. The number of hydrogen-bond acceptors (Lipinski definition) is 4. The smallest absolute Gasteiger partial charge is 0.231 e. The lowest BCUT2D eigenvalue weighted by Gasteiger charge is -2.12. The van der Waals surface area contributed by atoms with Crippen molar-refractivity contribution in [3.63, 3.8) is 0 Å². The lowest BCUT2D eigenvalue weighted by molar-refractivity contribution is 0.0657. The monoisotopic (exact) mass is 511 g/mol. The molecule has 0 bridgehead atoms. The number of benzene rings is 2. The Balaban J connectivity index is 0.00000300. The van der Waals surface area contributed by atoms with Crippen molar-refractivity contribution in [2.45, 2.75) is 46.6 Å². The SMILES string of the molecule is CCNC(=NCc1ccc2c(c1)OCO2)NCc1ccc(COC(C)C)cc1.I. The molecule has 1 heterocycles. The van der Waals surface area contributed by atoms with Crippen LogP contribution >= 0.6 is 24.0 Å². The van der Waals surface area contributed by atoms with Crippen LogP contribution in [0.25, 0.3) is 0 Å². The molecule has 6 nitrogen and oxygen atoms in total. The van der Waals surface area contributed by atoms with Crippen LogP contribution in [0.15, 0.2) is 47.5 Å². The first-order chi connectivity index (χ1) is 13.6. The van der Waals surface area contributed by atoms with E-state index in [4.69, 9.17) is 14.2 Å². The van der Waals surface area contributed by atoms with Gasteiger partial charge in [0.1, 0.15) is 0 Å². The third-order valence-electron chi connectivity index (χ3n) is 4.27. The molecule has 7 heteroatoms. The van der Waals surface area contributed by atoms with E-state index >= 15 is 0 Å². The Hall–Kier alpha value is -2.00. The van der Waals surface area contributed by atoms with Gasteiger partial charge in [0.15, 0.2) is 17.5 Å². The van der Waals surface area contributed by atoms with Crippen molar-refractivity contribution >= 4 is 29.9 Å². The zero-order valence-electron chi connectivity index (χ0n) is 17.2. The van der Waals surface area contributed by atoms with Gasteiger partial charge in [-0.1, -0.05) is 30.3 Å². The summed E-state index contributed by atoms with van der Waals surface area (Å²) < 4.78 is 16.4. The summed E-state index contributed by atoms with van der Waals surface area (Å²) in [6.45, 7) is 9.15. The van der Waals surface area contributed by atoms with Crippen LogP contribution in [0.5, 0.6) is 11.5 Å². The molecule has 0 saturated heterocycles. The van der Waals surface area contributed by atoms with Gasteiger partial charge in [-0.15, -0.1) is 24.0 Å². The van der Waals surface area contributed by atoms with Crippen LogP contribution in [0, 0.1) is 0 Å². The number of nitrogens with one attached hydrogen (secondary N) is 2. The van der Waals surface area contributed by atoms with Gasteiger partial charge < -0.3 is 24.8 Å². The molecular formula is C22H30IN3O3. The van der Waals surface area contributed by atoms with Gasteiger partial charge in [0, 0.05) is 13.1 Å². The highest BCUT2D eigenvalue weighted by Gasteiger charge is 2.13. The topological polar surface area (TPSA) is 64.1 Å². The van der Waals surface area contributed by atoms with E-state index in [0.717, 1.165) is 29.6 Å². The van der Waals surface area contributed by atoms with E-state index in [9.17, 15) is 0 Å². The Morgan fingerprint density at radius 1 is 1.00 bits per heavy atom. The minimum Gasteiger partial charge on any atom is -0.454 e. The number of nitrogens with zero attached hydrogens (tertiary/aromatic N) is 1. The van der Waals surface area contributed by atoms with Crippen LogP contribution in [-0.4, -0.2) is 25.4 Å². The Morgan fingerprint density at radius 3 is 2.41 bits per heavy atom. The van der Waals surface area contributed by atoms with Gasteiger partial charge >= 0.3 is 0 Å². The molecule has 2 aromatic carbocycles. The second-order valence-electron chi connectivity index (χ2n) is 6.91. The fraction of sp³-hybridized carbons (Fsp3) is 0.409. The van der Waals surface area contributed by atoms with E-state index in [-0.39, 0.29) is 36.9 Å². The molecule has 0 amide bonds. The van der Waals surface area contributed by atoms with Crippen molar-refractivity contribution in [2.24, 2.45) is 4.99 Å².